The van der Waals surface area contributed by atoms with Crippen molar-refractivity contribution in [3.05, 3.63) is 24.3 Å². The first-order chi connectivity index (χ1) is 12.0. The lowest BCUT2D eigenvalue weighted by molar-refractivity contribution is -0.119. The minimum absolute atomic E-state index is 0.0798. The Balaban J connectivity index is 1.64. The Morgan fingerprint density at radius 1 is 1.20 bits per heavy atom. The fraction of sp³-hybridized carbons (Fsp3) is 0.588. The third-order valence-corrected chi connectivity index (χ3v) is 6.75. The van der Waals surface area contributed by atoms with Crippen molar-refractivity contribution in [1.82, 2.24) is 9.21 Å². The van der Waals surface area contributed by atoms with Crippen LogP contribution >= 0.6 is 0 Å². The molecule has 2 fully saturated rings. The predicted octanol–water partition coefficient (Wildman–Crippen LogP) is 0.988. The molecule has 1 atom stereocenters. The second-order valence-corrected chi connectivity index (χ2v) is 8.35. The summed E-state index contributed by atoms with van der Waals surface area (Å²) < 4.78 is 32.2. The summed E-state index contributed by atoms with van der Waals surface area (Å²) in [5, 5.41) is 2.82. The molecule has 0 radical (unpaired) electrons. The van der Waals surface area contributed by atoms with Crippen LogP contribution in [0.25, 0.3) is 0 Å². The highest BCUT2D eigenvalue weighted by molar-refractivity contribution is 7.89. The SMILES string of the molecule is CCN1CCN(S(=O)(=O)c2ccc(NC(=O)C3CCOC3)cc2)CC1. The molecule has 138 valence electrons. The van der Waals surface area contributed by atoms with Crippen LogP contribution in [0.1, 0.15) is 13.3 Å². The van der Waals surface area contributed by atoms with E-state index in [4.69, 9.17) is 4.74 Å². The van der Waals surface area contributed by atoms with Gasteiger partial charge in [0.2, 0.25) is 15.9 Å². The lowest BCUT2D eigenvalue weighted by Gasteiger charge is -2.33. The highest BCUT2D eigenvalue weighted by Gasteiger charge is 2.28. The van der Waals surface area contributed by atoms with E-state index in [9.17, 15) is 13.2 Å². The maximum Gasteiger partial charge on any atom is 0.243 e. The number of amides is 1. The molecular formula is C17H25N3O4S. The number of hydrogen-bond donors (Lipinski definition) is 1. The molecule has 0 spiro atoms. The lowest BCUT2D eigenvalue weighted by Crippen LogP contribution is -2.48. The van der Waals surface area contributed by atoms with Crippen LogP contribution in [0.15, 0.2) is 29.2 Å². The predicted molar refractivity (Wildman–Crippen MR) is 94.9 cm³/mol. The van der Waals surface area contributed by atoms with Crippen molar-refractivity contribution in [2.75, 3.05) is 51.3 Å². The van der Waals surface area contributed by atoms with Crippen molar-refractivity contribution in [3.8, 4) is 0 Å². The third kappa shape index (κ3) is 4.20. The topological polar surface area (TPSA) is 79.0 Å². The Hall–Kier alpha value is -1.48. The molecule has 2 heterocycles. The van der Waals surface area contributed by atoms with E-state index in [1.165, 1.54) is 4.31 Å². The van der Waals surface area contributed by atoms with Gasteiger partial charge in [0.05, 0.1) is 17.4 Å². The number of sulfonamides is 1. The van der Waals surface area contributed by atoms with E-state index in [-0.39, 0.29) is 16.7 Å². The van der Waals surface area contributed by atoms with Gasteiger partial charge in [-0.2, -0.15) is 4.31 Å². The van der Waals surface area contributed by atoms with E-state index in [2.05, 4.69) is 17.1 Å². The minimum atomic E-state index is -3.48. The Bertz CT molecular complexity index is 691. The number of piperazine rings is 1. The molecule has 0 aliphatic carbocycles. The molecule has 1 aromatic rings. The molecule has 2 aliphatic rings. The Morgan fingerprint density at radius 3 is 2.44 bits per heavy atom. The van der Waals surface area contributed by atoms with E-state index in [0.717, 1.165) is 26.1 Å². The number of carbonyl (C=O) groups excluding carboxylic acids is 1. The van der Waals surface area contributed by atoms with Crippen LogP contribution in [0, 0.1) is 5.92 Å². The second kappa shape index (κ2) is 7.82. The summed E-state index contributed by atoms with van der Waals surface area (Å²) in [5.74, 6) is -0.206. The van der Waals surface area contributed by atoms with Gasteiger partial charge in [-0.05, 0) is 37.2 Å². The highest BCUT2D eigenvalue weighted by atomic mass is 32.2. The molecule has 1 amide bonds. The monoisotopic (exact) mass is 367 g/mol. The number of hydrogen-bond acceptors (Lipinski definition) is 5. The van der Waals surface area contributed by atoms with Crippen molar-refractivity contribution in [3.63, 3.8) is 0 Å². The first-order valence-electron chi connectivity index (χ1n) is 8.72. The zero-order chi connectivity index (χ0) is 17.9. The first-order valence-corrected chi connectivity index (χ1v) is 10.2. The van der Waals surface area contributed by atoms with Gasteiger partial charge in [0, 0.05) is 38.5 Å². The molecule has 8 heteroatoms. The molecule has 1 aromatic carbocycles. The fourth-order valence-corrected chi connectivity index (χ4v) is 4.55. The molecule has 2 aliphatic heterocycles. The molecule has 1 unspecified atom stereocenters. The van der Waals surface area contributed by atoms with Gasteiger partial charge in [-0.1, -0.05) is 6.92 Å². The summed E-state index contributed by atoms with van der Waals surface area (Å²) in [5.41, 5.74) is 0.603. The number of likely N-dealkylation sites (N-methyl/N-ethyl adjacent to an activating group) is 1. The zero-order valence-corrected chi connectivity index (χ0v) is 15.3. The van der Waals surface area contributed by atoms with Gasteiger partial charge >= 0.3 is 0 Å². The van der Waals surface area contributed by atoms with Crippen molar-refractivity contribution in [2.24, 2.45) is 5.92 Å². The second-order valence-electron chi connectivity index (χ2n) is 6.41. The number of carbonyl (C=O) groups is 1. The zero-order valence-electron chi connectivity index (χ0n) is 14.5. The molecule has 0 bridgehead atoms. The number of benzene rings is 1. The third-order valence-electron chi connectivity index (χ3n) is 4.84. The molecule has 0 aromatic heterocycles. The normalized spacial score (nSPS) is 22.8. The van der Waals surface area contributed by atoms with E-state index >= 15 is 0 Å². The quantitative estimate of drug-likeness (QED) is 0.840. The van der Waals surface area contributed by atoms with Crippen molar-refractivity contribution >= 4 is 21.6 Å². The smallest absolute Gasteiger partial charge is 0.243 e. The van der Waals surface area contributed by atoms with Gasteiger partial charge in [0.1, 0.15) is 0 Å². The van der Waals surface area contributed by atoms with E-state index in [0.29, 0.717) is 32.0 Å². The first kappa shape index (κ1) is 18.3. The Morgan fingerprint density at radius 2 is 1.88 bits per heavy atom. The fourth-order valence-electron chi connectivity index (χ4n) is 3.13. The van der Waals surface area contributed by atoms with Crippen LogP contribution in [0.5, 0.6) is 0 Å². The average Bonchev–Trinajstić information content (AvgIpc) is 3.17. The molecule has 25 heavy (non-hydrogen) atoms. The summed E-state index contributed by atoms with van der Waals surface area (Å²) in [6, 6.07) is 6.40. The van der Waals surface area contributed by atoms with Crippen molar-refractivity contribution in [1.29, 1.82) is 0 Å². The van der Waals surface area contributed by atoms with Crippen molar-refractivity contribution in [2.45, 2.75) is 18.2 Å². The summed E-state index contributed by atoms with van der Waals surface area (Å²) in [4.78, 5) is 14.6. The van der Waals surface area contributed by atoms with Crippen LogP contribution in [-0.4, -0.2) is 69.5 Å². The molecule has 0 saturated carbocycles. The van der Waals surface area contributed by atoms with Crippen LogP contribution in [0.3, 0.4) is 0 Å². The van der Waals surface area contributed by atoms with Gasteiger partial charge in [-0.3, -0.25) is 4.79 Å². The summed E-state index contributed by atoms with van der Waals surface area (Å²) in [6.07, 6.45) is 0.724. The number of ether oxygens (including phenoxy) is 1. The maximum absolute atomic E-state index is 12.7. The summed E-state index contributed by atoms with van der Waals surface area (Å²) in [6.45, 7) is 6.61. The van der Waals surface area contributed by atoms with Crippen LogP contribution in [0.4, 0.5) is 5.69 Å². The Labute approximate surface area is 149 Å². The molecule has 1 N–H and O–H groups in total. The molecule has 2 saturated heterocycles. The van der Waals surface area contributed by atoms with E-state index in [1.54, 1.807) is 24.3 Å². The van der Waals surface area contributed by atoms with Gasteiger partial charge in [0.15, 0.2) is 0 Å². The van der Waals surface area contributed by atoms with Gasteiger partial charge in [-0.25, -0.2) is 8.42 Å². The minimum Gasteiger partial charge on any atom is -0.381 e. The van der Waals surface area contributed by atoms with Crippen LogP contribution in [-0.2, 0) is 19.6 Å². The largest absolute Gasteiger partial charge is 0.381 e. The van der Waals surface area contributed by atoms with Crippen LogP contribution < -0.4 is 5.32 Å². The molecular weight excluding hydrogens is 342 g/mol. The van der Waals surface area contributed by atoms with E-state index in [1.807, 2.05) is 0 Å². The van der Waals surface area contributed by atoms with E-state index < -0.39 is 10.0 Å². The van der Waals surface area contributed by atoms with Crippen molar-refractivity contribution < 1.29 is 17.9 Å². The van der Waals surface area contributed by atoms with Crippen LogP contribution in [0.2, 0.25) is 0 Å². The number of rotatable bonds is 5. The van der Waals surface area contributed by atoms with Gasteiger partial charge in [0.25, 0.3) is 0 Å². The molecule has 7 nitrogen and oxygen atoms in total. The lowest BCUT2D eigenvalue weighted by atomic mass is 10.1. The summed E-state index contributed by atoms with van der Waals surface area (Å²) >= 11 is 0. The molecule has 3 rings (SSSR count). The highest BCUT2D eigenvalue weighted by Crippen LogP contribution is 2.21. The maximum atomic E-state index is 12.7. The van der Waals surface area contributed by atoms with Gasteiger partial charge < -0.3 is 15.0 Å². The standard InChI is InChI=1S/C17H25N3O4S/c1-2-19-8-10-20(11-9-19)25(22,23)16-5-3-15(4-6-16)18-17(21)14-7-12-24-13-14/h3-6,14H,2,7-13H2,1H3,(H,18,21). The Kier molecular flexibility index (Phi) is 5.73. The average molecular weight is 367 g/mol. The number of anilines is 1. The summed E-state index contributed by atoms with van der Waals surface area (Å²) in [7, 11) is -3.48. The van der Waals surface area contributed by atoms with Gasteiger partial charge in [-0.15, -0.1) is 0 Å². The number of nitrogens with zero attached hydrogens (tertiary/aromatic N) is 2. The number of nitrogens with one attached hydrogen (secondary N) is 1.